The first-order chi connectivity index (χ1) is 11.6. The van der Waals surface area contributed by atoms with E-state index in [0.717, 1.165) is 16.8 Å². The second kappa shape index (κ2) is 7.19. The lowest BCUT2D eigenvalue weighted by Gasteiger charge is -2.08. The Morgan fingerprint density at radius 1 is 1.17 bits per heavy atom. The molecule has 2 N–H and O–H groups in total. The number of aromatic nitrogens is 2. The van der Waals surface area contributed by atoms with Gasteiger partial charge in [-0.2, -0.15) is 5.10 Å². The number of nitrogens with zero attached hydrogens (tertiary/aromatic N) is 1. The molecule has 0 spiro atoms. The second-order valence-electron chi connectivity index (χ2n) is 5.27. The van der Waals surface area contributed by atoms with Crippen molar-refractivity contribution in [3.8, 4) is 11.3 Å². The highest BCUT2D eigenvalue weighted by molar-refractivity contribution is 6.30. The minimum Gasteiger partial charge on any atom is -0.444 e. The molecule has 0 saturated carbocycles. The molecule has 1 amide bonds. The van der Waals surface area contributed by atoms with E-state index in [9.17, 15) is 4.79 Å². The number of hydrogen-bond acceptors (Lipinski definition) is 3. The van der Waals surface area contributed by atoms with Crippen molar-refractivity contribution < 1.29 is 9.53 Å². The molecule has 5 nitrogen and oxygen atoms in total. The molecule has 1 aromatic heterocycles. The zero-order valence-electron chi connectivity index (χ0n) is 13.0. The van der Waals surface area contributed by atoms with Gasteiger partial charge in [-0.1, -0.05) is 54.1 Å². The summed E-state index contributed by atoms with van der Waals surface area (Å²) in [6.45, 7) is 2.04. The number of anilines is 1. The number of H-pyrrole nitrogens is 1. The molecule has 0 aliphatic heterocycles. The molecule has 1 heterocycles. The summed E-state index contributed by atoms with van der Waals surface area (Å²) in [6.07, 6.45) is -0.529. The summed E-state index contributed by atoms with van der Waals surface area (Å²) in [5.41, 5.74) is 3.75. The fraction of sp³-hybridized carbons (Fsp3) is 0.111. The van der Waals surface area contributed by atoms with Crippen molar-refractivity contribution in [2.45, 2.75) is 13.5 Å². The van der Waals surface area contributed by atoms with Gasteiger partial charge in [0.15, 0.2) is 0 Å². The molecule has 0 aliphatic carbocycles. The molecule has 0 bridgehead atoms. The van der Waals surface area contributed by atoms with Gasteiger partial charge in [0, 0.05) is 10.6 Å². The van der Waals surface area contributed by atoms with Crippen LogP contribution in [-0.2, 0) is 11.3 Å². The van der Waals surface area contributed by atoms with E-state index in [1.54, 1.807) is 12.1 Å². The average molecular weight is 342 g/mol. The van der Waals surface area contributed by atoms with E-state index < -0.39 is 6.09 Å². The Kier molecular flexibility index (Phi) is 4.82. The molecule has 0 unspecified atom stereocenters. The van der Waals surface area contributed by atoms with Crippen LogP contribution in [0.15, 0.2) is 54.6 Å². The average Bonchev–Trinajstić information content (AvgIpc) is 2.95. The highest BCUT2D eigenvalue weighted by Gasteiger charge is 2.15. The summed E-state index contributed by atoms with van der Waals surface area (Å²) in [4.78, 5) is 12.1. The van der Waals surface area contributed by atoms with Gasteiger partial charge in [-0.25, -0.2) is 4.79 Å². The van der Waals surface area contributed by atoms with Crippen LogP contribution in [0.25, 0.3) is 11.3 Å². The lowest BCUT2D eigenvalue weighted by atomic mass is 10.1. The van der Waals surface area contributed by atoms with Crippen LogP contribution >= 0.6 is 11.6 Å². The number of hydrogen-bond donors (Lipinski definition) is 2. The molecule has 0 fully saturated rings. The first-order valence-corrected chi connectivity index (χ1v) is 7.80. The van der Waals surface area contributed by atoms with E-state index in [-0.39, 0.29) is 6.61 Å². The smallest absolute Gasteiger partial charge is 0.412 e. The Bertz CT molecular complexity index is 829. The third kappa shape index (κ3) is 3.75. The summed E-state index contributed by atoms with van der Waals surface area (Å²) in [7, 11) is 0. The lowest BCUT2D eigenvalue weighted by Crippen LogP contribution is -2.14. The Hall–Kier alpha value is -2.79. The van der Waals surface area contributed by atoms with Crippen LogP contribution in [0.3, 0.4) is 0 Å². The number of halogens is 1. The number of carbonyl (C=O) groups excluding carboxylic acids is 1. The van der Waals surface area contributed by atoms with E-state index >= 15 is 0 Å². The molecular formula is C18H16ClN3O2. The summed E-state index contributed by atoms with van der Waals surface area (Å²) in [5, 5.41) is 10.5. The molecular weight excluding hydrogens is 326 g/mol. The fourth-order valence-corrected chi connectivity index (χ4v) is 2.39. The van der Waals surface area contributed by atoms with E-state index in [1.165, 1.54) is 0 Å². The number of amides is 1. The molecule has 3 rings (SSSR count). The van der Waals surface area contributed by atoms with Gasteiger partial charge < -0.3 is 4.74 Å². The molecule has 0 aliphatic rings. The van der Waals surface area contributed by atoms with Crippen molar-refractivity contribution in [3.05, 3.63) is 70.9 Å². The Balaban J connectivity index is 1.72. The standard InChI is InChI=1S/C18H16ClN3O2/c1-12-16(17(22-21-12)14-7-9-15(19)10-8-14)20-18(23)24-11-13-5-3-2-4-6-13/h2-10H,11H2,1H3,(H,20,23)(H,21,22). The summed E-state index contributed by atoms with van der Waals surface area (Å²) < 4.78 is 5.25. The van der Waals surface area contributed by atoms with Crippen molar-refractivity contribution in [3.63, 3.8) is 0 Å². The zero-order valence-corrected chi connectivity index (χ0v) is 13.8. The quantitative estimate of drug-likeness (QED) is 0.717. The maximum absolute atomic E-state index is 12.1. The molecule has 2 aromatic carbocycles. The highest BCUT2D eigenvalue weighted by atomic mass is 35.5. The molecule has 24 heavy (non-hydrogen) atoms. The Morgan fingerprint density at radius 2 is 1.88 bits per heavy atom. The molecule has 0 atom stereocenters. The van der Waals surface area contributed by atoms with Crippen LogP contribution in [-0.4, -0.2) is 16.3 Å². The number of carbonyl (C=O) groups is 1. The van der Waals surface area contributed by atoms with Crippen LogP contribution < -0.4 is 5.32 Å². The van der Waals surface area contributed by atoms with Gasteiger partial charge >= 0.3 is 6.09 Å². The maximum Gasteiger partial charge on any atom is 0.412 e. The predicted molar refractivity (Wildman–Crippen MR) is 94.0 cm³/mol. The monoisotopic (exact) mass is 341 g/mol. The van der Waals surface area contributed by atoms with Crippen LogP contribution in [0.1, 0.15) is 11.3 Å². The van der Waals surface area contributed by atoms with Crippen LogP contribution in [0, 0.1) is 6.92 Å². The minimum absolute atomic E-state index is 0.208. The molecule has 122 valence electrons. The molecule has 0 saturated heterocycles. The van der Waals surface area contributed by atoms with Gasteiger partial charge in [-0.3, -0.25) is 10.4 Å². The number of aryl methyl sites for hydroxylation is 1. The SMILES string of the molecule is Cc1[nH]nc(-c2ccc(Cl)cc2)c1NC(=O)OCc1ccccc1. The van der Waals surface area contributed by atoms with Crippen LogP contribution in [0.2, 0.25) is 5.02 Å². The van der Waals surface area contributed by atoms with Crippen LogP contribution in [0.4, 0.5) is 10.5 Å². The van der Waals surface area contributed by atoms with Crippen molar-refractivity contribution in [1.82, 2.24) is 10.2 Å². The van der Waals surface area contributed by atoms with Gasteiger partial charge in [0.05, 0.1) is 11.4 Å². The second-order valence-corrected chi connectivity index (χ2v) is 5.70. The molecule has 3 aromatic rings. The van der Waals surface area contributed by atoms with Crippen molar-refractivity contribution in [2.24, 2.45) is 0 Å². The largest absolute Gasteiger partial charge is 0.444 e. The first-order valence-electron chi connectivity index (χ1n) is 7.42. The predicted octanol–water partition coefficient (Wildman–Crippen LogP) is 4.79. The number of benzene rings is 2. The normalized spacial score (nSPS) is 10.4. The van der Waals surface area contributed by atoms with Gasteiger partial charge in [-0.05, 0) is 24.6 Å². The van der Waals surface area contributed by atoms with Gasteiger partial charge in [0.2, 0.25) is 0 Å². The van der Waals surface area contributed by atoms with E-state index in [1.807, 2.05) is 49.4 Å². The minimum atomic E-state index is -0.529. The Labute approximate surface area is 144 Å². The van der Waals surface area contributed by atoms with E-state index in [4.69, 9.17) is 16.3 Å². The van der Waals surface area contributed by atoms with Gasteiger partial charge in [0.1, 0.15) is 12.3 Å². The Morgan fingerprint density at radius 3 is 2.58 bits per heavy atom. The molecule has 0 radical (unpaired) electrons. The lowest BCUT2D eigenvalue weighted by molar-refractivity contribution is 0.155. The van der Waals surface area contributed by atoms with Crippen LogP contribution in [0.5, 0.6) is 0 Å². The van der Waals surface area contributed by atoms with Gasteiger partial charge in [0.25, 0.3) is 0 Å². The number of ether oxygens (including phenoxy) is 1. The fourth-order valence-electron chi connectivity index (χ4n) is 2.26. The zero-order chi connectivity index (χ0) is 16.9. The van der Waals surface area contributed by atoms with Crippen molar-refractivity contribution in [1.29, 1.82) is 0 Å². The first kappa shape index (κ1) is 16.1. The topological polar surface area (TPSA) is 67.0 Å². The number of rotatable bonds is 4. The molecule has 6 heteroatoms. The number of nitrogens with one attached hydrogen (secondary N) is 2. The summed E-state index contributed by atoms with van der Waals surface area (Å²) in [6, 6.07) is 16.8. The van der Waals surface area contributed by atoms with Gasteiger partial charge in [-0.15, -0.1) is 0 Å². The highest BCUT2D eigenvalue weighted by Crippen LogP contribution is 2.29. The third-order valence-corrected chi connectivity index (χ3v) is 3.76. The summed E-state index contributed by atoms with van der Waals surface area (Å²) in [5.74, 6) is 0. The van der Waals surface area contributed by atoms with Crippen molar-refractivity contribution >= 4 is 23.4 Å². The van der Waals surface area contributed by atoms with Crippen molar-refractivity contribution in [2.75, 3.05) is 5.32 Å². The maximum atomic E-state index is 12.1. The third-order valence-electron chi connectivity index (χ3n) is 3.50. The summed E-state index contributed by atoms with van der Waals surface area (Å²) >= 11 is 5.91. The van der Waals surface area contributed by atoms with E-state index in [2.05, 4.69) is 15.5 Å². The number of aromatic amines is 1. The van der Waals surface area contributed by atoms with E-state index in [0.29, 0.717) is 16.4 Å².